The second-order valence-electron chi connectivity index (χ2n) is 6.22. The standard InChI is InChI=1S/C14H25N3O3/c1-11-3-5-16(6-4-11)9-12(18)17-7-8-20-14(2,10-17)13(15)19/h11H,3-10H2,1-2H3,(H2,15,19)/t14-/m0/s1. The number of morpholine rings is 1. The monoisotopic (exact) mass is 283 g/mol. The van der Waals surface area contributed by atoms with Gasteiger partial charge in [-0.3, -0.25) is 14.5 Å². The lowest BCUT2D eigenvalue weighted by Gasteiger charge is -2.39. The minimum absolute atomic E-state index is 0.0651. The van der Waals surface area contributed by atoms with Crippen molar-refractivity contribution in [2.24, 2.45) is 11.7 Å². The van der Waals surface area contributed by atoms with Crippen LogP contribution in [0.4, 0.5) is 0 Å². The van der Waals surface area contributed by atoms with Gasteiger partial charge in [0.25, 0.3) is 5.91 Å². The van der Waals surface area contributed by atoms with Crippen LogP contribution >= 0.6 is 0 Å². The Labute approximate surface area is 120 Å². The second-order valence-corrected chi connectivity index (χ2v) is 6.22. The highest BCUT2D eigenvalue weighted by molar-refractivity contribution is 5.85. The number of likely N-dealkylation sites (tertiary alicyclic amines) is 1. The van der Waals surface area contributed by atoms with Gasteiger partial charge in [0.05, 0.1) is 19.7 Å². The number of rotatable bonds is 3. The van der Waals surface area contributed by atoms with Crippen LogP contribution in [-0.4, -0.2) is 66.5 Å². The van der Waals surface area contributed by atoms with Crippen LogP contribution < -0.4 is 5.73 Å². The molecular formula is C14H25N3O3. The largest absolute Gasteiger partial charge is 0.367 e. The molecule has 2 amide bonds. The molecule has 6 heteroatoms. The molecule has 2 saturated heterocycles. The molecule has 0 aromatic heterocycles. The number of nitrogens with two attached hydrogens (primary N) is 1. The van der Waals surface area contributed by atoms with Gasteiger partial charge >= 0.3 is 0 Å². The third-order valence-corrected chi connectivity index (χ3v) is 4.38. The van der Waals surface area contributed by atoms with E-state index >= 15 is 0 Å². The van der Waals surface area contributed by atoms with E-state index in [-0.39, 0.29) is 12.5 Å². The van der Waals surface area contributed by atoms with Crippen molar-refractivity contribution in [2.45, 2.75) is 32.3 Å². The SMILES string of the molecule is CC1CCN(CC(=O)N2CCO[C@](C)(C(N)=O)C2)CC1. The molecule has 0 aromatic carbocycles. The van der Waals surface area contributed by atoms with Gasteiger partial charge in [0, 0.05) is 6.54 Å². The fourth-order valence-corrected chi connectivity index (χ4v) is 2.74. The molecule has 2 fully saturated rings. The van der Waals surface area contributed by atoms with E-state index in [1.165, 1.54) is 0 Å². The van der Waals surface area contributed by atoms with Crippen molar-refractivity contribution in [3.05, 3.63) is 0 Å². The van der Waals surface area contributed by atoms with E-state index in [4.69, 9.17) is 10.5 Å². The van der Waals surface area contributed by atoms with Gasteiger partial charge in [-0.1, -0.05) is 6.92 Å². The molecule has 114 valence electrons. The fourth-order valence-electron chi connectivity index (χ4n) is 2.74. The lowest BCUT2D eigenvalue weighted by Crippen LogP contribution is -2.59. The van der Waals surface area contributed by atoms with Gasteiger partial charge in [0.1, 0.15) is 0 Å². The van der Waals surface area contributed by atoms with Gasteiger partial charge in [0.15, 0.2) is 5.60 Å². The summed E-state index contributed by atoms with van der Waals surface area (Å²) in [6, 6.07) is 0. The highest BCUT2D eigenvalue weighted by atomic mass is 16.5. The summed E-state index contributed by atoms with van der Waals surface area (Å²) in [6.45, 7) is 7.44. The first-order valence-electron chi connectivity index (χ1n) is 7.35. The molecule has 2 rings (SSSR count). The first kappa shape index (κ1) is 15.3. The lowest BCUT2D eigenvalue weighted by atomic mass is 9.99. The first-order chi connectivity index (χ1) is 9.40. The highest BCUT2D eigenvalue weighted by Gasteiger charge is 2.39. The molecule has 20 heavy (non-hydrogen) atoms. The zero-order valence-corrected chi connectivity index (χ0v) is 12.4. The molecule has 2 aliphatic heterocycles. The summed E-state index contributed by atoms with van der Waals surface area (Å²) in [4.78, 5) is 27.6. The number of hydrogen-bond acceptors (Lipinski definition) is 4. The molecule has 0 saturated carbocycles. The molecule has 6 nitrogen and oxygen atoms in total. The Balaban J connectivity index is 1.87. The Morgan fingerprint density at radius 3 is 2.55 bits per heavy atom. The number of hydrogen-bond donors (Lipinski definition) is 1. The molecule has 0 spiro atoms. The van der Waals surface area contributed by atoms with E-state index in [1.54, 1.807) is 11.8 Å². The van der Waals surface area contributed by atoms with Crippen molar-refractivity contribution in [1.82, 2.24) is 9.80 Å². The highest BCUT2D eigenvalue weighted by Crippen LogP contribution is 2.19. The Bertz CT molecular complexity index is 380. The minimum Gasteiger partial charge on any atom is -0.367 e. The van der Waals surface area contributed by atoms with Gasteiger partial charge in [0.2, 0.25) is 5.91 Å². The molecule has 2 heterocycles. The van der Waals surface area contributed by atoms with Crippen LogP contribution in [0.15, 0.2) is 0 Å². The van der Waals surface area contributed by atoms with Crippen LogP contribution in [0.5, 0.6) is 0 Å². The van der Waals surface area contributed by atoms with Crippen molar-refractivity contribution in [1.29, 1.82) is 0 Å². The van der Waals surface area contributed by atoms with Crippen molar-refractivity contribution in [3.63, 3.8) is 0 Å². The topological polar surface area (TPSA) is 75.9 Å². The van der Waals surface area contributed by atoms with Crippen molar-refractivity contribution < 1.29 is 14.3 Å². The van der Waals surface area contributed by atoms with Crippen LogP contribution in [0.2, 0.25) is 0 Å². The predicted molar refractivity (Wildman–Crippen MR) is 75.0 cm³/mol. The maximum atomic E-state index is 12.3. The van der Waals surface area contributed by atoms with E-state index in [0.717, 1.165) is 31.8 Å². The minimum atomic E-state index is -1.05. The summed E-state index contributed by atoms with van der Waals surface area (Å²) >= 11 is 0. The Hall–Kier alpha value is -1.14. The molecule has 0 aromatic rings. The normalized spacial score (nSPS) is 29.4. The van der Waals surface area contributed by atoms with Crippen molar-refractivity contribution in [3.8, 4) is 0 Å². The van der Waals surface area contributed by atoms with Crippen LogP contribution in [-0.2, 0) is 14.3 Å². The zero-order valence-electron chi connectivity index (χ0n) is 12.4. The second kappa shape index (κ2) is 6.10. The quantitative estimate of drug-likeness (QED) is 0.779. The summed E-state index contributed by atoms with van der Waals surface area (Å²) in [5.41, 5.74) is 4.30. The molecule has 0 aliphatic carbocycles. The maximum absolute atomic E-state index is 12.3. The van der Waals surface area contributed by atoms with E-state index in [2.05, 4.69) is 11.8 Å². The summed E-state index contributed by atoms with van der Waals surface area (Å²) in [5.74, 6) is 0.306. The fraction of sp³-hybridized carbons (Fsp3) is 0.857. The average molecular weight is 283 g/mol. The third kappa shape index (κ3) is 3.49. The molecule has 1 atom stereocenters. The molecule has 0 radical (unpaired) electrons. The Kier molecular flexibility index (Phi) is 4.65. The van der Waals surface area contributed by atoms with Crippen molar-refractivity contribution in [2.75, 3.05) is 39.3 Å². The number of ether oxygens (including phenoxy) is 1. The summed E-state index contributed by atoms with van der Waals surface area (Å²) in [7, 11) is 0. The number of carbonyl (C=O) groups excluding carboxylic acids is 2. The lowest BCUT2D eigenvalue weighted by molar-refractivity contribution is -0.161. The number of carbonyl (C=O) groups is 2. The predicted octanol–water partition coefficient (Wildman–Crippen LogP) is -0.179. The van der Waals surface area contributed by atoms with E-state index < -0.39 is 11.5 Å². The Morgan fingerprint density at radius 1 is 1.30 bits per heavy atom. The first-order valence-corrected chi connectivity index (χ1v) is 7.35. The van der Waals surface area contributed by atoms with Gasteiger partial charge < -0.3 is 15.4 Å². The smallest absolute Gasteiger partial charge is 0.251 e. The number of amides is 2. The zero-order chi connectivity index (χ0) is 14.8. The van der Waals surface area contributed by atoms with Crippen LogP contribution in [0.25, 0.3) is 0 Å². The van der Waals surface area contributed by atoms with Crippen LogP contribution in [0.1, 0.15) is 26.7 Å². The van der Waals surface area contributed by atoms with E-state index in [1.807, 2.05) is 0 Å². The molecule has 2 N–H and O–H groups in total. The van der Waals surface area contributed by atoms with Gasteiger partial charge in [-0.25, -0.2) is 0 Å². The van der Waals surface area contributed by atoms with Gasteiger partial charge in [-0.2, -0.15) is 0 Å². The molecule has 0 unspecified atom stereocenters. The number of primary amides is 1. The molecular weight excluding hydrogens is 258 g/mol. The summed E-state index contributed by atoms with van der Waals surface area (Å²) in [6.07, 6.45) is 2.30. The molecule has 0 bridgehead atoms. The van der Waals surface area contributed by atoms with E-state index in [0.29, 0.717) is 19.7 Å². The van der Waals surface area contributed by atoms with E-state index in [9.17, 15) is 9.59 Å². The number of piperidine rings is 1. The summed E-state index contributed by atoms with van der Waals surface area (Å²) in [5, 5.41) is 0. The number of nitrogens with zero attached hydrogens (tertiary/aromatic N) is 2. The van der Waals surface area contributed by atoms with Gasteiger partial charge in [-0.15, -0.1) is 0 Å². The van der Waals surface area contributed by atoms with Crippen LogP contribution in [0, 0.1) is 5.92 Å². The van der Waals surface area contributed by atoms with Gasteiger partial charge in [-0.05, 0) is 38.8 Å². The van der Waals surface area contributed by atoms with Crippen LogP contribution in [0.3, 0.4) is 0 Å². The molecule has 2 aliphatic rings. The third-order valence-electron chi connectivity index (χ3n) is 4.38. The summed E-state index contributed by atoms with van der Waals surface area (Å²) < 4.78 is 5.43. The van der Waals surface area contributed by atoms with Crippen molar-refractivity contribution >= 4 is 11.8 Å². The Morgan fingerprint density at radius 2 is 1.95 bits per heavy atom. The average Bonchev–Trinajstić information content (AvgIpc) is 2.41. The maximum Gasteiger partial charge on any atom is 0.251 e.